The third kappa shape index (κ3) is 4.03. The van der Waals surface area contributed by atoms with Gasteiger partial charge in [-0.2, -0.15) is 0 Å². The summed E-state index contributed by atoms with van der Waals surface area (Å²) in [5.41, 5.74) is 0. The molecule has 0 amide bonds. The number of ether oxygens (including phenoxy) is 1. The number of rotatable bonds is 5. The van der Waals surface area contributed by atoms with Gasteiger partial charge in [0.2, 0.25) is 0 Å². The van der Waals surface area contributed by atoms with E-state index in [2.05, 4.69) is 19.7 Å². The number of hydrogen-bond donors (Lipinski definition) is 0. The average molecular weight is 340 g/mol. The van der Waals surface area contributed by atoms with Crippen LogP contribution in [0.2, 0.25) is 0 Å². The van der Waals surface area contributed by atoms with Gasteiger partial charge in [-0.15, -0.1) is 10.2 Å². The van der Waals surface area contributed by atoms with Crippen molar-refractivity contribution in [1.82, 2.24) is 19.7 Å². The molecule has 1 fully saturated rings. The van der Waals surface area contributed by atoms with Crippen molar-refractivity contribution in [3.8, 4) is 5.75 Å². The third-order valence-corrected chi connectivity index (χ3v) is 5.43. The lowest BCUT2D eigenvalue weighted by molar-refractivity contribution is 0.166. The van der Waals surface area contributed by atoms with Gasteiger partial charge >= 0.3 is 0 Å². The van der Waals surface area contributed by atoms with Crippen LogP contribution in [0.1, 0.15) is 49.7 Å². The van der Waals surface area contributed by atoms with Crippen LogP contribution < -0.4 is 4.74 Å². The molecule has 2 aliphatic rings. The molecule has 1 unspecified atom stereocenters. The zero-order valence-electron chi connectivity index (χ0n) is 14.9. The molecule has 1 aromatic heterocycles. The maximum Gasteiger partial charge on any atom is 0.137 e. The lowest BCUT2D eigenvalue weighted by Crippen LogP contribution is -2.38. The first-order valence-electron chi connectivity index (χ1n) is 9.72. The Morgan fingerprint density at radius 2 is 1.92 bits per heavy atom. The summed E-state index contributed by atoms with van der Waals surface area (Å²) < 4.78 is 8.29. The van der Waals surface area contributed by atoms with E-state index in [1.165, 1.54) is 43.8 Å². The Hall–Kier alpha value is -1.88. The van der Waals surface area contributed by atoms with Crippen LogP contribution in [0.5, 0.6) is 5.75 Å². The second-order valence-electron chi connectivity index (χ2n) is 7.24. The molecule has 2 aliphatic heterocycles. The highest BCUT2D eigenvalue weighted by Gasteiger charge is 2.27. The zero-order valence-corrected chi connectivity index (χ0v) is 14.9. The summed E-state index contributed by atoms with van der Waals surface area (Å²) in [6.45, 7) is 5.07. The highest BCUT2D eigenvalue weighted by molar-refractivity contribution is 5.20. The van der Waals surface area contributed by atoms with Crippen LogP contribution in [0.15, 0.2) is 30.3 Å². The van der Waals surface area contributed by atoms with Gasteiger partial charge in [-0.25, -0.2) is 0 Å². The van der Waals surface area contributed by atoms with Crippen LogP contribution in [0, 0.1) is 0 Å². The summed E-state index contributed by atoms with van der Waals surface area (Å²) >= 11 is 0. The van der Waals surface area contributed by atoms with Crippen LogP contribution in [-0.4, -0.2) is 45.9 Å². The topological polar surface area (TPSA) is 43.2 Å². The van der Waals surface area contributed by atoms with Crippen molar-refractivity contribution in [2.24, 2.45) is 0 Å². The van der Waals surface area contributed by atoms with Crippen LogP contribution in [0.4, 0.5) is 0 Å². The molecule has 2 aromatic rings. The molecule has 25 heavy (non-hydrogen) atoms. The summed E-state index contributed by atoms with van der Waals surface area (Å²) in [4.78, 5) is 2.52. The van der Waals surface area contributed by atoms with Gasteiger partial charge in [0, 0.05) is 32.0 Å². The van der Waals surface area contributed by atoms with E-state index < -0.39 is 0 Å². The van der Waals surface area contributed by atoms with Gasteiger partial charge in [-0.3, -0.25) is 4.90 Å². The molecular weight excluding hydrogens is 312 g/mol. The Bertz CT molecular complexity index is 670. The van der Waals surface area contributed by atoms with Crippen LogP contribution in [0.25, 0.3) is 0 Å². The van der Waals surface area contributed by atoms with E-state index in [1.54, 1.807) is 0 Å². The number of aryl methyl sites for hydroxylation is 1. The maximum atomic E-state index is 5.87. The van der Waals surface area contributed by atoms with E-state index >= 15 is 0 Å². The molecule has 1 saturated heterocycles. The smallest absolute Gasteiger partial charge is 0.137 e. The second kappa shape index (κ2) is 8.00. The van der Waals surface area contributed by atoms with E-state index in [-0.39, 0.29) is 0 Å². The lowest BCUT2D eigenvalue weighted by atomic mass is 9.97. The first-order chi connectivity index (χ1) is 12.4. The molecule has 0 radical (unpaired) electrons. The van der Waals surface area contributed by atoms with Gasteiger partial charge in [-0.05, 0) is 44.4 Å². The van der Waals surface area contributed by atoms with Crippen molar-refractivity contribution < 1.29 is 4.74 Å². The molecule has 4 rings (SSSR count). The summed E-state index contributed by atoms with van der Waals surface area (Å²) in [6, 6.07) is 10.1. The molecule has 1 aromatic carbocycles. The van der Waals surface area contributed by atoms with Gasteiger partial charge in [-0.1, -0.05) is 24.6 Å². The summed E-state index contributed by atoms with van der Waals surface area (Å²) in [7, 11) is 0. The molecule has 3 heterocycles. The van der Waals surface area contributed by atoms with Crippen LogP contribution in [0.3, 0.4) is 0 Å². The summed E-state index contributed by atoms with van der Waals surface area (Å²) in [5, 5.41) is 9.07. The monoisotopic (exact) mass is 340 g/mol. The molecule has 0 bridgehead atoms. The Morgan fingerprint density at radius 3 is 2.84 bits per heavy atom. The normalized spacial score (nSPS) is 21.5. The molecular formula is C20H28N4O. The van der Waals surface area contributed by atoms with Crippen LogP contribution >= 0.6 is 0 Å². The predicted octanol–water partition coefficient (Wildman–Crippen LogP) is 3.26. The minimum atomic E-state index is 0.518. The van der Waals surface area contributed by atoms with E-state index in [9.17, 15) is 0 Å². The molecule has 0 N–H and O–H groups in total. The number of piperidine rings is 1. The number of fused-ring (bicyclic) bond motifs is 1. The number of aromatic nitrogens is 3. The maximum absolute atomic E-state index is 5.87. The van der Waals surface area contributed by atoms with Crippen molar-refractivity contribution in [2.75, 3.05) is 26.2 Å². The van der Waals surface area contributed by atoms with Gasteiger partial charge < -0.3 is 9.30 Å². The van der Waals surface area contributed by atoms with Gasteiger partial charge in [0.25, 0.3) is 0 Å². The molecule has 134 valence electrons. The van der Waals surface area contributed by atoms with Crippen molar-refractivity contribution in [2.45, 2.75) is 51.0 Å². The molecule has 0 saturated carbocycles. The Balaban J connectivity index is 1.34. The molecule has 5 nitrogen and oxygen atoms in total. The average Bonchev–Trinajstić information content (AvgIpc) is 2.91. The Morgan fingerprint density at radius 1 is 1.00 bits per heavy atom. The first kappa shape index (κ1) is 16.6. The minimum Gasteiger partial charge on any atom is -0.492 e. The fourth-order valence-electron chi connectivity index (χ4n) is 4.09. The van der Waals surface area contributed by atoms with E-state index in [1.807, 2.05) is 30.3 Å². The van der Waals surface area contributed by atoms with Crippen molar-refractivity contribution in [3.63, 3.8) is 0 Å². The highest BCUT2D eigenvalue weighted by atomic mass is 16.5. The standard InChI is InChI=1S/C20H28N4O/c1-3-9-18(10-4-1)25-15-14-23-12-7-8-17(16-23)20-22-21-19-11-5-2-6-13-24(19)20/h1,3-4,9-10,17H,2,5-8,11-16H2. The molecule has 0 aliphatic carbocycles. The Kier molecular flexibility index (Phi) is 5.31. The highest BCUT2D eigenvalue weighted by Crippen LogP contribution is 2.27. The zero-order chi connectivity index (χ0) is 16.9. The fourth-order valence-corrected chi connectivity index (χ4v) is 4.09. The largest absolute Gasteiger partial charge is 0.492 e. The lowest BCUT2D eigenvalue weighted by Gasteiger charge is -2.32. The number of benzene rings is 1. The fraction of sp³-hybridized carbons (Fsp3) is 0.600. The summed E-state index contributed by atoms with van der Waals surface area (Å²) in [5.74, 6) is 3.91. The number of nitrogens with zero attached hydrogens (tertiary/aromatic N) is 4. The van der Waals surface area contributed by atoms with Crippen molar-refractivity contribution in [1.29, 1.82) is 0 Å². The molecule has 1 atom stereocenters. The minimum absolute atomic E-state index is 0.518. The molecule has 5 heteroatoms. The number of likely N-dealkylation sites (tertiary alicyclic amines) is 1. The van der Waals surface area contributed by atoms with Crippen LogP contribution in [-0.2, 0) is 13.0 Å². The predicted molar refractivity (Wildman–Crippen MR) is 97.9 cm³/mol. The third-order valence-electron chi connectivity index (χ3n) is 5.43. The summed E-state index contributed by atoms with van der Waals surface area (Å²) in [6.07, 6.45) is 7.39. The van der Waals surface area contributed by atoms with E-state index in [4.69, 9.17) is 4.74 Å². The SMILES string of the molecule is c1ccc(OCCN2CCCC(c3nnc4n3CCCCC4)C2)cc1. The number of para-hydroxylation sites is 1. The van der Waals surface area contributed by atoms with Gasteiger partial charge in [0.05, 0.1) is 0 Å². The van der Waals surface area contributed by atoms with Crippen molar-refractivity contribution >= 4 is 0 Å². The Labute approximate surface area is 150 Å². The second-order valence-corrected chi connectivity index (χ2v) is 7.24. The van der Waals surface area contributed by atoms with E-state index in [0.717, 1.165) is 45.0 Å². The van der Waals surface area contributed by atoms with Gasteiger partial charge in [0.15, 0.2) is 0 Å². The van der Waals surface area contributed by atoms with Crippen molar-refractivity contribution in [3.05, 3.63) is 42.0 Å². The number of hydrogen-bond acceptors (Lipinski definition) is 4. The molecule has 0 spiro atoms. The first-order valence-corrected chi connectivity index (χ1v) is 9.72. The van der Waals surface area contributed by atoms with Gasteiger partial charge in [0.1, 0.15) is 24.0 Å². The van der Waals surface area contributed by atoms with E-state index in [0.29, 0.717) is 5.92 Å². The quantitative estimate of drug-likeness (QED) is 0.838.